The summed E-state index contributed by atoms with van der Waals surface area (Å²) in [6.45, 7) is 5.93. The predicted molar refractivity (Wildman–Crippen MR) is 69.2 cm³/mol. The lowest BCUT2D eigenvalue weighted by Crippen LogP contribution is -2.16. The normalized spacial score (nSPS) is 16.4. The maximum Gasteiger partial charge on any atom is 0.127 e. The van der Waals surface area contributed by atoms with Gasteiger partial charge in [-0.15, -0.1) is 0 Å². The Labute approximate surface area is 104 Å². The predicted octanol–water partition coefficient (Wildman–Crippen LogP) is 2.82. The summed E-state index contributed by atoms with van der Waals surface area (Å²) < 4.78 is 6.10. The maximum absolute atomic E-state index is 6.10. The fourth-order valence-corrected chi connectivity index (χ4v) is 2.25. The highest BCUT2D eigenvalue weighted by Gasteiger charge is 2.18. The Bertz CT molecular complexity index is 359. The van der Waals surface area contributed by atoms with Crippen LogP contribution in [0.2, 0.25) is 0 Å². The van der Waals surface area contributed by atoms with Gasteiger partial charge in [0.25, 0.3) is 0 Å². The van der Waals surface area contributed by atoms with Crippen LogP contribution in [0.3, 0.4) is 0 Å². The molecule has 0 radical (unpaired) electrons. The molecule has 1 N–H and O–H groups in total. The molecule has 0 bridgehead atoms. The van der Waals surface area contributed by atoms with Gasteiger partial charge in [-0.2, -0.15) is 0 Å². The molecule has 1 aliphatic rings. The second kappa shape index (κ2) is 6.01. The van der Waals surface area contributed by atoms with Crippen LogP contribution in [0.1, 0.15) is 43.9 Å². The highest BCUT2D eigenvalue weighted by molar-refractivity contribution is 5.33. The average molecular weight is 234 g/mol. The summed E-state index contributed by atoms with van der Waals surface area (Å²) in [6, 6.07) is 2.06. The summed E-state index contributed by atoms with van der Waals surface area (Å²) in [5.41, 5.74) is 2.20. The van der Waals surface area contributed by atoms with Gasteiger partial charge in [0.15, 0.2) is 0 Å². The van der Waals surface area contributed by atoms with Crippen LogP contribution in [0.5, 0.6) is 5.75 Å². The van der Waals surface area contributed by atoms with Crippen molar-refractivity contribution in [2.45, 2.75) is 52.2 Å². The molecule has 94 valence electrons. The third-order valence-corrected chi connectivity index (χ3v) is 3.24. The first-order valence-corrected chi connectivity index (χ1v) is 6.62. The zero-order valence-corrected chi connectivity index (χ0v) is 10.8. The molecule has 1 heterocycles. The van der Waals surface area contributed by atoms with E-state index in [1.54, 1.807) is 0 Å². The third kappa shape index (κ3) is 3.43. The van der Waals surface area contributed by atoms with Crippen molar-refractivity contribution in [1.29, 1.82) is 0 Å². The minimum Gasteiger partial charge on any atom is -0.490 e. The number of hydrogen-bond donors (Lipinski definition) is 1. The molecule has 0 saturated heterocycles. The highest BCUT2D eigenvalue weighted by atomic mass is 16.5. The lowest BCUT2D eigenvalue weighted by atomic mass is 10.2. The van der Waals surface area contributed by atoms with E-state index in [-0.39, 0.29) is 0 Å². The zero-order valence-electron chi connectivity index (χ0n) is 10.8. The SMILES string of the molecule is CCNCc1cnc(C)cc1OC1CCCC1. The molecule has 3 heteroatoms. The van der Waals surface area contributed by atoms with Gasteiger partial charge in [0, 0.05) is 30.1 Å². The minimum absolute atomic E-state index is 0.414. The van der Waals surface area contributed by atoms with Gasteiger partial charge < -0.3 is 10.1 Å². The van der Waals surface area contributed by atoms with Crippen molar-refractivity contribution in [3.63, 3.8) is 0 Å². The van der Waals surface area contributed by atoms with Crippen LogP contribution in [0.4, 0.5) is 0 Å². The topological polar surface area (TPSA) is 34.2 Å². The first-order valence-electron chi connectivity index (χ1n) is 6.62. The first kappa shape index (κ1) is 12.4. The Morgan fingerprint density at radius 3 is 2.88 bits per heavy atom. The summed E-state index contributed by atoms with van der Waals surface area (Å²) in [7, 11) is 0. The molecule has 1 aromatic heterocycles. The number of ether oxygens (including phenoxy) is 1. The molecular weight excluding hydrogens is 212 g/mol. The van der Waals surface area contributed by atoms with Gasteiger partial charge in [0.1, 0.15) is 5.75 Å². The van der Waals surface area contributed by atoms with Crippen molar-refractivity contribution in [3.8, 4) is 5.75 Å². The highest BCUT2D eigenvalue weighted by Crippen LogP contribution is 2.26. The van der Waals surface area contributed by atoms with Crippen molar-refractivity contribution < 1.29 is 4.74 Å². The van der Waals surface area contributed by atoms with Crippen molar-refractivity contribution in [3.05, 3.63) is 23.5 Å². The van der Waals surface area contributed by atoms with Gasteiger partial charge in [-0.1, -0.05) is 6.92 Å². The molecule has 1 aliphatic carbocycles. The molecule has 0 aromatic carbocycles. The van der Waals surface area contributed by atoms with Gasteiger partial charge in [-0.25, -0.2) is 0 Å². The van der Waals surface area contributed by atoms with Crippen LogP contribution in [-0.2, 0) is 6.54 Å². The quantitative estimate of drug-likeness (QED) is 0.850. The Balaban J connectivity index is 2.08. The van der Waals surface area contributed by atoms with E-state index in [2.05, 4.69) is 23.3 Å². The Hall–Kier alpha value is -1.09. The zero-order chi connectivity index (χ0) is 12.1. The van der Waals surface area contributed by atoms with Crippen LogP contribution in [-0.4, -0.2) is 17.6 Å². The van der Waals surface area contributed by atoms with Gasteiger partial charge >= 0.3 is 0 Å². The smallest absolute Gasteiger partial charge is 0.127 e. The number of rotatable bonds is 5. The second-order valence-electron chi connectivity index (χ2n) is 4.74. The standard InChI is InChI=1S/C14H22N2O/c1-3-15-9-12-10-16-11(2)8-14(12)17-13-6-4-5-7-13/h8,10,13,15H,3-7,9H2,1-2H3. The number of nitrogens with one attached hydrogen (secondary N) is 1. The fourth-order valence-electron chi connectivity index (χ4n) is 2.25. The van der Waals surface area contributed by atoms with Crippen LogP contribution in [0.15, 0.2) is 12.3 Å². The van der Waals surface area contributed by atoms with Gasteiger partial charge in [-0.05, 0) is 39.2 Å². The van der Waals surface area contributed by atoms with E-state index in [1.807, 2.05) is 13.1 Å². The largest absolute Gasteiger partial charge is 0.490 e. The van der Waals surface area contributed by atoms with E-state index in [1.165, 1.54) is 31.2 Å². The van der Waals surface area contributed by atoms with Crippen LogP contribution in [0, 0.1) is 6.92 Å². The van der Waals surface area contributed by atoms with Crippen molar-refractivity contribution in [2.24, 2.45) is 0 Å². The van der Waals surface area contributed by atoms with Crippen LogP contribution in [0.25, 0.3) is 0 Å². The molecular formula is C14H22N2O. The maximum atomic E-state index is 6.10. The molecule has 1 aromatic rings. The number of aryl methyl sites for hydroxylation is 1. The van der Waals surface area contributed by atoms with E-state index >= 15 is 0 Å². The molecule has 17 heavy (non-hydrogen) atoms. The van der Waals surface area contributed by atoms with E-state index in [4.69, 9.17) is 4.74 Å². The Morgan fingerprint density at radius 1 is 1.41 bits per heavy atom. The molecule has 0 spiro atoms. The average Bonchev–Trinajstić information content (AvgIpc) is 2.81. The molecule has 2 rings (SSSR count). The fraction of sp³-hybridized carbons (Fsp3) is 0.643. The van der Waals surface area contributed by atoms with E-state index in [0.29, 0.717) is 6.10 Å². The number of pyridine rings is 1. The molecule has 0 atom stereocenters. The number of aromatic nitrogens is 1. The molecule has 0 amide bonds. The van der Waals surface area contributed by atoms with Gasteiger partial charge in [0.2, 0.25) is 0 Å². The van der Waals surface area contributed by atoms with E-state index in [0.717, 1.165) is 24.5 Å². The lowest BCUT2D eigenvalue weighted by Gasteiger charge is -2.17. The summed E-state index contributed by atoms with van der Waals surface area (Å²) in [5, 5.41) is 3.33. The van der Waals surface area contributed by atoms with Crippen LogP contribution < -0.4 is 10.1 Å². The summed E-state index contributed by atoms with van der Waals surface area (Å²) in [5.74, 6) is 1.02. The number of nitrogens with zero attached hydrogens (tertiary/aromatic N) is 1. The van der Waals surface area contributed by atoms with Gasteiger partial charge in [-0.3, -0.25) is 4.98 Å². The van der Waals surface area contributed by atoms with Crippen LogP contribution >= 0.6 is 0 Å². The van der Waals surface area contributed by atoms with Gasteiger partial charge in [0.05, 0.1) is 6.10 Å². The Morgan fingerprint density at radius 2 is 2.18 bits per heavy atom. The molecule has 3 nitrogen and oxygen atoms in total. The van der Waals surface area contributed by atoms with Crippen molar-refractivity contribution >= 4 is 0 Å². The molecule has 1 saturated carbocycles. The third-order valence-electron chi connectivity index (χ3n) is 3.24. The molecule has 0 unspecified atom stereocenters. The summed E-state index contributed by atoms with van der Waals surface area (Å²) >= 11 is 0. The minimum atomic E-state index is 0.414. The van der Waals surface area contributed by atoms with Crippen molar-refractivity contribution in [1.82, 2.24) is 10.3 Å². The molecule has 0 aliphatic heterocycles. The first-order chi connectivity index (χ1) is 8.29. The van der Waals surface area contributed by atoms with E-state index < -0.39 is 0 Å². The second-order valence-corrected chi connectivity index (χ2v) is 4.74. The summed E-state index contributed by atoms with van der Waals surface area (Å²) in [4.78, 5) is 4.35. The summed E-state index contributed by atoms with van der Waals surface area (Å²) in [6.07, 6.45) is 7.35. The van der Waals surface area contributed by atoms with Crippen molar-refractivity contribution in [2.75, 3.05) is 6.54 Å². The lowest BCUT2D eigenvalue weighted by molar-refractivity contribution is 0.207. The molecule has 1 fully saturated rings. The monoisotopic (exact) mass is 234 g/mol. The number of hydrogen-bond acceptors (Lipinski definition) is 3. The Kier molecular flexibility index (Phi) is 4.37. The van der Waals surface area contributed by atoms with E-state index in [9.17, 15) is 0 Å².